The van der Waals surface area contributed by atoms with Crippen molar-refractivity contribution in [2.24, 2.45) is 5.92 Å². The quantitative estimate of drug-likeness (QED) is 0.878. The molecule has 1 aromatic carbocycles. The van der Waals surface area contributed by atoms with Gasteiger partial charge in [0.05, 0.1) is 12.5 Å². The topological polar surface area (TPSA) is 41.6 Å². The van der Waals surface area contributed by atoms with Gasteiger partial charge in [-0.2, -0.15) is 0 Å². The number of rotatable bonds is 5. The van der Waals surface area contributed by atoms with Crippen LogP contribution in [-0.2, 0) is 4.79 Å². The van der Waals surface area contributed by atoms with Gasteiger partial charge in [0.15, 0.2) is 0 Å². The van der Waals surface area contributed by atoms with Crippen LogP contribution < -0.4 is 10.1 Å². The molecule has 18 heavy (non-hydrogen) atoms. The van der Waals surface area contributed by atoms with Crippen molar-refractivity contribution in [2.45, 2.75) is 0 Å². The van der Waals surface area contributed by atoms with Crippen LogP contribution in [-0.4, -0.2) is 44.1 Å². The summed E-state index contributed by atoms with van der Waals surface area (Å²) in [5.74, 6) is 1.10. The van der Waals surface area contributed by atoms with Crippen molar-refractivity contribution in [3.63, 3.8) is 0 Å². The Balaban J connectivity index is 1.71. The average Bonchev–Trinajstić information content (AvgIpc) is 2.29. The van der Waals surface area contributed by atoms with E-state index in [0.29, 0.717) is 18.2 Å². The van der Waals surface area contributed by atoms with E-state index in [1.165, 1.54) is 0 Å². The lowest BCUT2D eigenvalue weighted by molar-refractivity contribution is -0.136. The minimum absolute atomic E-state index is 0.144. The molecule has 1 aliphatic heterocycles. The van der Waals surface area contributed by atoms with E-state index in [1.807, 2.05) is 19.2 Å². The number of amides is 1. The molecule has 0 aromatic heterocycles. The molecular formula is C13H17ClN2O2. The van der Waals surface area contributed by atoms with E-state index in [4.69, 9.17) is 16.3 Å². The van der Waals surface area contributed by atoms with E-state index in [1.54, 1.807) is 17.0 Å². The first-order valence-electron chi connectivity index (χ1n) is 6.01. The Bertz CT molecular complexity index is 404. The first-order chi connectivity index (χ1) is 8.66. The van der Waals surface area contributed by atoms with Crippen LogP contribution >= 0.6 is 11.6 Å². The van der Waals surface area contributed by atoms with Crippen molar-refractivity contribution in [1.29, 1.82) is 0 Å². The summed E-state index contributed by atoms with van der Waals surface area (Å²) in [5, 5.41) is 3.78. The maximum absolute atomic E-state index is 11.8. The summed E-state index contributed by atoms with van der Waals surface area (Å²) in [6.45, 7) is 2.67. The molecule has 1 heterocycles. The minimum Gasteiger partial charge on any atom is -0.492 e. The predicted molar refractivity (Wildman–Crippen MR) is 70.9 cm³/mol. The third-order valence-corrected chi connectivity index (χ3v) is 3.27. The number of halogens is 1. The molecule has 1 amide bonds. The number of likely N-dealkylation sites (N-methyl/N-ethyl adjacent to an activating group) is 1. The summed E-state index contributed by atoms with van der Waals surface area (Å²) in [5.41, 5.74) is 0. The number of carbonyl (C=O) groups is 1. The molecule has 2 rings (SSSR count). The molecule has 0 spiro atoms. The Morgan fingerprint density at radius 3 is 2.67 bits per heavy atom. The number of hydrogen-bond acceptors (Lipinski definition) is 3. The van der Waals surface area contributed by atoms with Crippen molar-refractivity contribution < 1.29 is 9.53 Å². The van der Waals surface area contributed by atoms with Gasteiger partial charge >= 0.3 is 0 Å². The third kappa shape index (κ3) is 3.37. The normalized spacial score (nSPS) is 15.0. The molecule has 98 valence electrons. The van der Waals surface area contributed by atoms with E-state index in [0.717, 1.165) is 18.8 Å². The van der Waals surface area contributed by atoms with Gasteiger partial charge in [0.2, 0.25) is 5.91 Å². The molecule has 0 atom stereocenters. The second-order valence-electron chi connectivity index (χ2n) is 4.42. The Hall–Kier alpha value is -1.26. The van der Waals surface area contributed by atoms with Gasteiger partial charge in [0, 0.05) is 25.2 Å². The zero-order valence-electron chi connectivity index (χ0n) is 10.4. The number of ether oxygens (including phenoxy) is 1. The van der Waals surface area contributed by atoms with Crippen molar-refractivity contribution in [1.82, 2.24) is 10.2 Å². The summed E-state index contributed by atoms with van der Waals surface area (Å²) in [7, 11) is 1.81. The summed E-state index contributed by atoms with van der Waals surface area (Å²) < 4.78 is 5.55. The number of carbonyl (C=O) groups excluding carboxylic acids is 1. The molecule has 1 aliphatic rings. The highest BCUT2D eigenvalue weighted by molar-refractivity contribution is 6.30. The van der Waals surface area contributed by atoms with Crippen LogP contribution in [0.15, 0.2) is 24.3 Å². The van der Waals surface area contributed by atoms with E-state index in [-0.39, 0.29) is 11.8 Å². The van der Waals surface area contributed by atoms with E-state index >= 15 is 0 Å². The molecule has 0 radical (unpaired) electrons. The monoisotopic (exact) mass is 268 g/mol. The number of nitrogens with one attached hydrogen (secondary N) is 1. The Kier molecular flexibility index (Phi) is 4.44. The highest BCUT2D eigenvalue weighted by Crippen LogP contribution is 2.15. The van der Waals surface area contributed by atoms with Gasteiger partial charge in [0.1, 0.15) is 12.4 Å². The van der Waals surface area contributed by atoms with Gasteiger partial charge in [-0.15, -0.1) is 0 Å². The van der Waals surface area contributed by atoms with Crippen molar-refractivity contribution >= 4 is 17.5 Å². The maximum atomic E-state index is 11.8. The molecule has 0 aliphatic carbocycles. The first kappa shape index (κ1) is 13.2. The molecule has 1 saturated heterocycles. The number of benzene rings is 1. The summed E-state index contributed by atoms with van der Waals surface area (Å²) in [6, 6.07) is 7.21. The fraction of sp³-hybridized carbons (Fsp3) is 0.462. The highest BCUT2D eigenvalue weighted by Gasteiger charge is 2.27. The Labute approximate surface area is 112 Å². The van der Waals surface area contributed by atoms with E-state index in [9.17, 15) is 4.79 Å². The fourth-order valence-electron chi connectivity index (χ4n) is 1.72. The molecule has 1 fully saturated rings. The maximum Gasteiger partial charge on any atom is 0.228 e. The van der Waals surface area contributed by atoms with Crippen LogP contribution in [0.25, 0.3) is 0 Å². The molecule has 4 nitrogen and oxygen atoms in total. The van der Waals surface area contributed by atoms with Crippen molar-refractivity contribution in [3.8, 4) is 5.75 Å². The molecule has 5 heteroatoms. The van der Waals surface area contributed by atoms with Gasteiger partial charge in [-0.1, -0.05) is 11.6 Å². The lowest BCUT2D eigenvalue weighted by Gasteiger charge is -2.30. The van der Waals surface area contributed by atoms with Crippen LogP contribution in [0.3, 0.4) is 0 Å². The van der Waals surface area contributed by atoms with E-state index in [2.05, 4.69) is 5.32 Å². The molecule has 1 aromatic rings. The molecule has 0 unspecified atom stereocenters. The highest BCUT2D eigenvalue weighted by atomic mass is 35.5. The molecular weight excluding hydrogens is 252 g/mol. The molecule has 1 N–H and O–H groups in total. The van der Waals surface area contributed by atoms with Crippen LogP contribution in [0.1, 0.15) is 0 Å². The number of nitrogens with zero attached hydrogens (tertiary/aromatic N) is 1. The van der Waals surface area contributed by atoms with Crippen LogP contribution in [0.2, 0.25) is 5.02 Å². The molecule has 0 saturated carbocycles. The SMILES string of the molecule is CN(CCOc1ccc(Cl)cc1)C(=O)C1CNC1. The summed E-state index contributed by atoms with van der Waals surface area (Å²) in [4.78, 5) is 13.5. The zero-order valence-corrected chi connectivity index (χ0v) is 11.1. The van der Waals surface area contributed by atoms with E-state index < -0.39 is 0 Å². The molecule has 0 bridgehead atoms. The van der Waals surface area contributed by atoms with Gasteiger partial charge in [0.25, 0.3) is 0 Å². The summed E-state index contributed by atoms with van der Waals surface area (Å²) >= 11 is 5.78. The smallest absolute Gasteiger partial charge is 0.228 e. The van der Waals surface area contributed by atoms with Crippen LogP contribution in [0.5, 0.6) is 5.75 Å². The van der Waals surface area contributed by atoms with Gasteiger partial charge in [-0.05, 0) is 24.3 Å². The van der Waals surface area contributed by atoms with Gasteiger partial charge in [-0.25, -0.2) is 0 Å². The first-order valence-corrected chi connectivity index (χ1v) is 6.38. The largest absolute Gasteiger partial charge is 0.492 e. The third-order valence-electron chi connectivity index (χ3n) is 3.02. The average molecular weight is 269 g/mol. The minimum atomic E-state index is 0.144. The zero-order chi connectivity index (χ0) is 13.0. The number of hydrogen-bond donors (Lipinski definition) is 1. The van der Waals surface area contributed by atoms with Crippen molar-refractivity contribution in [2.75, 3.05) is 33.3 Å². The second-order valence-corrected chi connectivity index (χ2v) is 4.85. The van der Waals surface area contributed by atoms with Crippen LogP contribution in [0.4, 0.5) is 0 Å². The lowest BCUT2D eigenvalue weighted by Crippen LogP contribution is -2.51. The second kappa shape index (κ2) is 6.07. The Morgan fingerprint density at radius 1 is 1.44 bits per heavy atom. The standard InChI is InChI=1S/C13H17ClN2O2/c1-16(13(17)10-8-15-9-10)6-7-18-12-4-2-11(14)3-5-12/h2-5,10,15H,6-9H2,1H3. The lowest BCUT2D eigenvalue weighted by atomic mass is 10.0. The van der Waals surface area contributed by atoms with Crippen LogP contribution in [0, 0.1) is 5.92 Å². The fourth-order valence-corrected chi connectivity index (χ4v) is 1.84. The van der Waals surface area contributed by atoms with Crippen molar-refractivity contribution in [3.05, 3.63) is 29.3 Å². The van der Waals surface area contributed by atoms with Gasteiger partial charge < -0.3 is 15.0 Å². The predicted octanol–water partition coefficient (Wildman–Crippen LogP) is 1.40. The Morgan fingerprint density at radius 2 is 2.11 bits per heavy atom. The van der Waals surface area contributed by atoms with Gasteiger partial charge in [-0.3, -0.25) is 4.79 Å². The summed E-state index contributed by atoms with van der Waals surface area (Å²) in [6.07, 6.45) is 0.